The molecule has 0 spiro atoms. The molecule has 0 fully saturated rings. The van der Waals surface area contributed by atoms with E-state index in [0.29, 0.717) is 53.6 Å². The minimum absolute atomic E-state index is 0.158. The number of hydrogen-bond donors (Lipinski definition) is 0. The van der Waals surface area contributed by atoms with Gasteiger partial charge in [0.15, 0.2) is 11.5 Å². The van der Waals surface area contributed by atoms with E-state index in [9.17, 15) is 9.18 Å². The minimum atomic E-state index is -0.569. The second kappa shape index (κ2) is 11.0. The lowest BCUT2D eigenvalue weighted by Gasteiger charge is -2.25. The maximum atomic E-state index is 14.2. The second-order valence-electron chi connectivity index (χ2n) is 8.15. The number of aryl methyl sites for hydroxylation is 1. The minimum Gasteiger partial charge on any atom is -0.493 e. The van der Waals surface area contributed by atoms with Crippen LogP contribution in [0.2, 0.25) is 0 Å². The predicted octanol–water partition coefficient (Wildman–Crippen LogP) is 4.51. The van der Waals surface area contributed by atoms with Gasteiger partial charge < -0.3 is 14.4 Å². The molecule has 0 bridgehead atoms. The van der Waals surface area contributed by atoms with Gasteiger partial charge in [0.2, 0.25) is 5.96 Å². The molecule has 0 N–H and O–H groups in total. The summed E-state index contributed by atoms with van der Waals surface area (Å²) < 4.78 is 26.7. The Morgan fingerprint density at radius 1 is 1.08 bits per heavy atom. The Kier molecular flexibility index (Phi) is 7.58. The summed E-state index contributed by atoms with van der Waals surface area (Å²) >= 11 is 0. The number of ether oxygens (including phenoxy) is 2. The number of carbonyl (C=O) groups is 1. The highest BCUT2D eigenvalue weighted by Crippen LogP contribution is 2.31. The van der Waals surface area contributed by atoms with Crippen molar-refractivity contribution in [2.75, 3.05) is 27.3 Å². The molecule has 3 aromatic carbocycles. The quantitative estimate of drug-likeness (QED) is 0.281. The Morgan fingerprint density at radius 2 is 1.89 bits per heavy atom. The molecule has 1 heterocycles. The molecule has 0 aliphatic heterocycles. The van der Waals surface area contributed by atoms with E-state index in [1.165, 1.54) is 6.07 Å². The summed E-state index contributed by atoms with van der Waals surface area (Å²) in [6.45, 7) is 4.65. The van der Waals surface area contributed by atoms with E-state index in [-0.39, 0.29) is 5.56 Å². The molecule has 0 aliphatic rings. The van der Waals surface area contributed by atoms with Crippen molar-refractivity contribution < 1.29 is 18.7 Å². The van der Waals surface area contributed by atoms with Gasteiger partial charge in [0.1, 0.15) is 11.3 Å². The largest absolute Gasteiger partial charge is 0.493 e. The summed E-state index contributed by atoms with van der Waals surface area (Å²) in [7, 11) is 3.20. The normalized spacial score (nSPS) is 11.5. The first kappa shape index (κ1) is 24.8. The Morgan fingerprint density at radius 3 is 2.61 bits per heavy atom. The number of nitrogens with zero attached hydrogens (tertiary/aromatic N) is 5. The second-order valence-corrected chi connectivity index (χ2v) is 8.15. The molecule has 1 amide bonds. The van der Waals surface area contributed by atoms with Crippen LogP contribution in [0, 0.1) is 12.7 Å². The van der Waals surface area contributed by atoms with E-state index in [1.54, 1.807) is 38.0 Å². The molecule has 0 saturated carbocycles. The van der Waals surface area contributed by atoms with Crippen LogP contribution in [0.4, 0.5) is 4.39 Å². The lowest BCUT2D eigenvalue weighted by Crippen LogP contribution is -2.39. The van der Waals surface area contributed by atoms with Gasteiger partial charge in [-0.2, -0.15) is 9.67 Å². The molecule has 0 aliphatic carbocycles. The number of likely N-dealkylation sites (N-methyl/N-ethyl adjacent to an activating group) is 1. The van der Waals surface area contributed by atoms with Crippen LogP contribution in [0.1, 0.15) is 28.4 Å². The van der Waals surface area contributed by atoms with Crippen LogP contribution in [-0.2, 0) is 6.42 Å². The lowest BCUT2D eigenvalue weighted by molar-refractivity contribution is 0.1000. The molecule has 0 atom stereocenters. The van der Waals surface area contributed by atoms with Crippen molar-refractivity contribution in [3.63, 3.8) is 0 Å². The van der Waals surface area contributed by atoms with E-state index in [2.05, 4.69) is 15.3 Å². The maximum absolute atomic E-state index is 14.2. The number of methoxy groups -OCH3 is 2. The van der Waals surface area contributed by atoms with Crippen LogP contribution < -0.4 is 9.47 Å². The number of halogens is 1. The highest BCUT2D eigenvalue weighted by Gasteiger charge is 2.20. The number of benzene rings is 3. The summed E-state index contributed by atoms with van der Waals surface area (Å²) in [5.74, 6) is 0.582. The first-order valence-corrected chi connectivity index (χ1v) is 11.6. The van der Waals surface area contributed by atoms with E-state index >= 15 is 0 Å². The van der Waals surface area contributed by atoms with Crippen LogP contribution in [0.15, 0.2) is 65.7 Å². The molecule has 36 heavy (non-hydrogen) atoms. The van der Waals surface area contributed by atoms with Gasteiger partial charge >= 0.3 is 0 Å². The van der Waals surface area contributed by atoms with Gasteiger partial charge in [-0.25, -0.2) is 4.39 Å². The molecular weight excluding hydrogens is 461 g/mol. The fourth-order valence-electron chi connectivity index (χ4n) is 3.96. The zero-order valence-electron chi connectivity index (χ0n) is 20.7. The van der Waals surface area contributed by atoms with Crippen molar-refractivity contribution in [2.45, 2.75) is 20.3 Å². The van der Waals surface area contributed by atoms with E-state index in [4.69, 9.17) is 9.47 Å². The molecule has 8 nitrogen and oxygen atoms in total. The highest BCUT2D eigenvalue weighted by atomic mass is 19.1. The summed E-state index contributed by atoms with van der Waals surface area (Å²) in [6, 6.07) is 17.5. The van der Waals surface area contributed by atoms with Gasteiger partial charge in [0.05, 0.1) is 19.7 Å². The van der Waals surface area contributed by atoms with Gasteiger partial charge in [-0.05, 0) is 61.7 Å². The van der Waals surface area contributed by atoms with Crippen LogP contribution in [0.5, 0.6) is 11.5 Å². The number of fused-ring (bicyclic) bond motifs is 1. The fraction of sp³-hybridized carbons (Fsp3) is 0.259. The lowest BCUT2D eigenvalue weighted by atomic mass is 10.1. The highest BCUT2D eigenvalue weighted by molar-refractivity contribution is 6.04. The van der Waals surface area contributed by atoms with Gasteiger partial charge in [0.25, 0.3) is 5.91 Å². The van der Waals surface area contributed by atoms with Crippen molar-refractivity contribution in [2.24, 2.45) is 4.99 Å². The van der Waals surface area contributed by atoms with Gasteiger partial charge in [-0.1, -0.05) is 35.5 Å². The fourth-order valence-corrected chi connectivity index (χ4v) is 3.96. The third kappa shape index (κ3) is 5.05. The van der Waals surface area contributed by atoms with Crippen LogP contribution >= 0.6 is 0 Å². The van der Waals surface area contributed by atoms with E-state index in [1.807, 2.05) is 54.3 Å². The first-order chi connectivity index (χ1) is 17.5. The molecular formula is C27H28FN5O3. The van der Waals surface area contributed by atoms with E-state index < -0.39 is 11.7 Å². The Balaban J connectivity index is 1.73. The monoisotopic (exact) mass is 489 g/mol. The van der Waals surface area contributed by atoms with Crippen molar-refractivity contribution in [1.29, 1.82) is 0 Å². The Labute approximate surface area is 209 Å². The molecule has 186 valence electrons. The number of carbonyl (C=O) groups excluding carboxylic acids is 1. The van der Waals surface area contributed by atoms with Crippen molar-refractivity contribution in [1.82, 2.24) is 19.9 Å². The number of amides is 1. The van der Waals surface area contributed by atoms with Crippen molar-refractivity contribution in [3.05, 3.63) is 83.2 Å². The third-order valence-electron chi connectivity index (χ3n) is 5.96. The van der Waals surface area contributed by atoms with Crippen LogP contribution in [-0.4, -0.2) is 59.1 Å². The average molecular weight is 490 g/mol. The predicted molar refractivity (Wildman–Crippen MR) is 136 cm³/mol. The smallest absolute Gasteiger partial charge is 0.280 e. The molecule has 1 aromatic heterocycles. The number of hydrogen-bond acceptors (Lipinski definition) is 5. The summed E-state index contributed by atoms with van der Waals surface area (Å²) in [5.41, 5.74) is 2.94. The average Bonchev–Trinajstić information content (AvgIpc) is 3.33. The van der Waals surface area contributed by atoms with Crippen molar-refractivity contribution >= 4 is 22.9 Å². The number of rotatable bonds is 7. The molecule has 9 heteroatoms. The number of aromatic nitrogens is 3. The number of aliphatic imine (C=N–C) groups is 1. The number of para-hydroxylation sites is 2. The van der Waals surface area contributed by atoms with Gasteiger partial charge in [0, 0.05) is 18.7 Å². The van der Waals surface area contributed by atoms with Gasteiger partial charge in [-0.15, -0.1) is 5.10 Å². The molecule has 0 unspecified atom stereocenters. The van der Waals surface area contributed by atoms with Crippen LogP contribution in [0.25, 0.3) is 11.0 Å². The zero-order valence-corrected chi connectivity index (χ0v) is 20.7. The topological polar surface area (TPSA) is 81.8 Å². The maximum Gasteiger partial charge on any atom is 0.280 e. The molecule has 4 rings (SSSR count). The summed E-state index contributed by atoms with van der Waals surface area (Å²) in [6.07, 6.45) is 0.590. The van der Waals surface area contributed by atoms with Crippen LogP contribution in [0.3, 0.4) is 0 Å². The Bertz CT molecular complexity index is 1420. The summed E-state index contributed by atoms with van der Waals surface area (Å²) in [4.78, 5) is 19.5. The summed E-state index contributed by atoms with van der Waals surface area (Å²) in [5, 5.41) is 8.51. The van der Waals surface area contributed by atoms with Gasteiger partial charge in [-0.3, -0.25) is 4.79 Å². The molecule has 4 aromatic rings. The molecule has 0 saturated heterocycles. The van der Waals surface area contributed by atoms with Crippen molar-refractivity contribution in [3.8, 4) is 11.5 Å². The third-order valence-corrected chi connectivity index (χ3v) is 5.96. The zero-order chi connectivity index (χ0) is 25.7. The standard InChI is InChI=1S/C27H28FN5O3/c1-5-32(16-15-19-9-8-12-24(35-3)25(19)36-4)27(33-23-11-7-6-10-22(23)30-31-33)29-26(34)20-14-13-18(2)21(28)17-20/h6-14,17H,5,15-16H2,1-4H3/b29-27-. The Hall–Kier alpha value is -4.27. The first-order valence-electron chi connectivity index (χ1n) is 11.6. The molecule has 0 radical (unpaired) electrons. The van der Waals surface area contributed by atoms with E-state index in [0.717, 1.165) is 5.56 Å². The SMILES string of the molecule is CCN(CCc1cccc(OC)c1OC)/C(=N/C(=O)c1ccc(C)c(F)c1)n1nnc2ccccc21.